The summed E-state index contributed by atoms with van der Waals surface area (Å²) in [7, 11) is 0. The fourth-order valence-corrected chi connectivity index (χ4v) is 4.14. The van der Waals surface area contributed by atoms with Crippen molar-refractivity contribution in [3.63, 3.8) is 0 Å². The molecule has 4 rings (SSSR count). The number of rotatable bonds is 4. The van der Waals surface area contributed by atoms with Gasteiger partial charge < -0.3 is 0 Å². The second-order valence-electron chi connectivity index (χ2n) is 6.92. The topological polar surface area (TPSA) is 19.4 Å². The Kier molecular flexibility index (Phi) is 4.40. The van der Waals surface area contributed by atoms with Crippen LogP contribution in [0, 0.1) is 0 Å². The molecule has 2 saturated heterocycles. The summed E-state index contributed by atoms with van der Waals surface area (Å²) in [4.78, 5) is 9.57. The standard InChI is InChI=1S/C20H25N3/c1-2-5-17(6-3-1)13-20-16-22-12-4-7-19(22)15-23(20)14-18-8-10-21-11-9-18/h1-3,5-6,8-11,19-20H,4,7,12-16H2/t19-,20-/m0/s1. The minimum atomic E-state index is 0.611. The van der Waals surface area contributed by atoms with Gasteiger partial charge in [-0.15, -0.1) is 0 Å². The molecule has 23 heavy (non-hydrogen) atoms. The van der Waals surface area contributed by atoms with Gasteiger partial charge in [-0.25, -0.2) is 0 Å². The molecule has 0 aliphatic carbocycles. The zero-order valence-corrected chi connectivity index (χ0v) is 13.6. The van der Waals surface area contributed by atoms with Crippen molar-refractivity contribution in [1.82, 2.24) is 14.8 Å². The summed E-state index contributed by atoms with van der Waals surface area (Å²) in [6.45, 7) is 4.76. The predicted octanol–water partition coefficient (Wildman–Crippen LogP) is 2.97. The maximum Gasteiger partial charge on any atom is 0.0271 e. The number of hydrogen-bond donors (Lipinski definition) is 0. The van der Waals surface area contributed by atoms with E-state index in [1.807, 2.05) is 12.4 Å². The lowest BCUT2D eigenvalue weighted by atomic mass is 9.99. The van der Waals surface area contributed by atoms with E-state index in [1.165, 1.54) is 43.6 Å². The molecular weight excluding hydrogens is 282 g/mol. The van der Waals surface area contributed by atoms with E-state index in [4.69, 9.17) is 0 Å². The molecule has 0 radical (unpaired) electrons. The first kappa shape index (κ1) is 14.9. The van der Waals surface area contributed by atoms with Crippen LogP contribution in [-0.2, 0) is 13.0 Å². The van der Waals surface area contributed by atoms with E-state index >= 15 is 0 Å². The van der Waals surface area contributed by atoms with E-state index in [9.17, 15) is 0 Å². The second-order valence-corrected chi connectivity index (χ2v) is 6.92. The van der Waals surface area contributed by atoms with E-state index in [0.29, 0.717) is 6.04 Å². The van der Waals surface area contributed by atoms with Crippen molar-refractivity contribution in [2.24, 2.45) is 0 Å². The lowest BCUT2D eigenvalue weighted by molar-refractivity contribution is 0.0455. The van der Waals surface area contributed by atoms with Crippen molar-refractivity contribution in [3.05, 3.63) is 66.0 Å². The van der Waals surface area contributed by atoms with Crippen LogP contribution in [0.3, 0.4) is 0 Å². The largest absolute Gasteiger partial charge is 0.298 e. The summed E-state index contributed by atoms with van der Waals surface area (Å²) in [5.41, 5.74) is 2.83. The number of pyridine rings is 1. The van der Waals surface area contributed by atoms with Crippen LogP contribution in [-0.4, -0.2) is 46.5 Å². The molecule has 2 aliphatic heterocycles. The summed E-state index contributed by atoms with van der Waals surface area (Å²) < 4.78 is 0. The number of benzene rings is 1. The molecule has 3 heterocycles. The van der Waals surface area contributed by atoms with Gasteiger partial charge in [0.2, 0.25) is 0 Å². The highest BCUT2D eigenvalue weighted by atomic mass is 15.3. The van der Waals surface area contributed by atoms with Crippen molar-refractivity contribution in [3.8, 4) is 0 Å². The predicted molar refractivity (Wildman–Crippen MR) is 93.2 cm³/mol. The van der Waals surface area contributed by atoms with Crippen molar-refractivity contribution in [2.45, 2.75) is 37.9 Å². The lowest BCUT2D eigenvalue weighted by Crippen LogP contribution is -2.56. The highest BCUT2D eigenvalue weighted by Crippen LogP contribution is 2.27. The number of fused-ring (bicyclic) bond motifs is 1. The normalized spacial score (nSPS) is 25.4. The van der Waals surface area contributed by atoms with Crippen molar-refractivity contribution >= 4 is 0 Å². The van der Waals surface area contributed by atoms with Gasteiger partial charge in [-0.1, -0.05) is 30.3 Å². The molecule has 1 aromatic heterocycles. The van der Waals surface area contributed by atoms with Crippen LogP contribution < -0.4 is 0 Å². The first-order valence-electron chi connectivity index (χ1n) is 8.79. The molecule has 2 atom stereocenters. The fraction of sp³-hybridized carbons (Fsp3) is 0.450. The van der Waals surface area contributed by atoms with Crippen LogP contribution in [0.4, 0.5) is 0 Å². The molecule has 2 aliphatic rings. The number of piperazine rings is 1. The highest BCUT2D eigenvalue weighted by molar-refractivity contribution is 5.17. The van der Waals surface area contributed by atoms with E-state index in [-0.39, 0.29) is 0 Å². The molecule has 2 fully saturated rings. The van der Waals surface area contributed by atoms with E-state index < -0.39 is 0 Å². The Balaban J connectivity index is 1.52. The maximum atomic E-state index is 4.15. The molecule has 1 aromatic carbocycles. The Hall–Kier alpha value is -1.71. The SMILES string of the molecule is c1ccc(C[C@H]2CN3CCC[C@H]3CN2Cc2ccncc2)cc1. The van der Waals surface area contributed by atoms with Gasteiger partial charge in [0, 0.05) is 44.1 Å². The second kappa shape index (κ2) is 6.81. The minimum Gasteiger partial charge on any atom is -0.298 e. The average molecular weight is 307 g/mol. The van der Waals surface area contributed by atoms with Gasteiger partial charge in [-0.05, 0) is 49.1 Å². The van der Waals surface area contributed by atoms with Crippen molar-refractivity contribution in [1.29, 1.82) is 0 Å². The molecule has 0 N–H and O–H groups in total. The molecule has 0 saturated carbocycles. The Bertz CT molecular complexity index is 558. The third-order valence-corrected chi connectivity index (χ3v) is 5.36. The van der Waals surface area contributed by atoms with Crippen LogP contribution in [0.5, 0.6) is 0 Å². The summed E-state index contributed by atoms with van der Waals surface area (Å²) in [6, 6.07) is 16.6. The third kappa shape index (κ3) is 3.46. The quantitative estimate of drug-likeness (QED) is 0.866. The molecule has 0 amide bonds. The van der Waals surface area contributed by atoms with Gasteiger partial charge in [0.1, 0.15) is 0 Å². The minimum absolute atomic E-state index is 0.611. The first-order chi connectivity index (χ1) is 11.4. The zero-order valence-electron chi connectivity index (χ0n) is 13.6. The van der Waals surface area contributed by atoms with Gasteiger partial charge in [0.05, 0.1) is 0 Å². The summed E-state index contributed by atoms with van der Waals surface area (Å²) in [5.74, 6) is 0. The lowest BCUT2D eigenvalue weighted by Gasteiger charge is -2.44. The monoisotopic (exact) mass is 307 g/mol. The average Bonchev–Trinajstić information content (AvgIpc) is 3.04. The molecule has 120 valence electrons. The summed E-state index contributed by atoms with van der Waals surface area (Å²) in [6.07, 6.45) is 7.70. The van der Waals surface area contributed by atoms with Crippen LogP contribution in [0.25, 0.3) is 0 Å². The Morgan fingerprint density at radius 3 is 2.61 bits per heavy atom. The van der Waals surface area contributed by atoms with Crippen LogP contribution in [0.15, 0.2) is 54.9 Å². The van der Waals surface area contributed by atoms with Gasteiger partial charge in [-0.3, -0.25) is 14.8 Å². The van der Waals surface area contributed by atoms with Crippen LogP contribution >= 0.6 is 0 Å². The zero-order chi connectivity index (χ0) is 15.5. The maximum absolute atomic E-state index is 4.15. The molecule has 0 spiro atoms. The molecule has 2 aromatic rings. The van der Waals surface area contributed by atoms with Crippen LogP contribution in [0.1, 0.15) is 24.0 Å². The van der Waals surface area contributed by atoms with Crippen molar-refractivity contribution < 1.29 is 0 Å². The van der Waals surface area contributed by atoms with Crippen molar-refractivity contribution in [2.75, 3.05) is 19.6 Å². The number of nitrogens with zero attached hydrogens (tertiary/aromatic N) is 3. The molecule has 0 unspecified atom stereocenters. The Morgan fingerprint density at radius 2 is 1.78 bits per heavy atom. The Morgan fingerprint density at radius 1 is 0.957 bits per heavy atom. The molecular formula is C20H25N3. The van der Waals surface area contributed by atoms with Gasteiger partial charge >= 0.3 is 0 Å². The third-order valence-electron chi connectivity index (χ3n) is 5.36. The Labute approximate surface area is 139 Å². The molecule has 3 heteroatoms. The van der Waals surface area contributed by atoms with E-state index in [0.717, 1.165) is 19.0 Å². The summed E-state index contributed by atoms with van der Waals surface area (Å²) >= 11 is 0. The molecule has 3 nitrogen and oxygen atoms in total. The number of aromatic nitrogens is 1. The molecule has 0 bridgehead atoms. The fourth-order valence-electron chi connectivity index (χ4n) is 4.14. The van der Waals surface area contributed by atoms with Gasteiger partial charge in [-0.2, -0.15) is 0 Å². The van der Waals surface area contributed by atoms with E-state index in [1.54, 1.807) is 0 Å². The van der Waals surface area contributed by atoms with Gasteiger partial charge in [0.15, 0.2) is 0 Å². The highest BCUT2D eigenvalue weighted by Gasteiger charge is 2.36. The van der Waals surface area contributed by atoms with Crippen LogP contribution in [0.2, 0.25) is 0 Å². The first-order valence-corrected chi connectivity index (χ1v) is 8.79. The number of hydrogen-bond acceptors (Lipinski definition) is 3. The van der Waals surface area contributed by atoms with E-state index in [2.05, 4.69) is 57.2 Å². The summed E-state index contributed by atoms with van der Waals surface area (Å²) in [5, 5.41) is 0. The van der Waals surface area contributed by atoms with Gasteiger partial charge in [0.25, 0.3) is 0 Å². The smallest absolute Gasteiger partial charge is 0.0271 e.